The SMILES string of the molecule is Clc1cccc(Cl)c1Nc1ccccn1. The third-order valence-electron chi connectivity index (χ3n) is 1.88. The van der Waals surface area contributed by atoms with Gasteiger partial charge in [0.05, 0.1) is 15.7 Å². The fourth-order valence-corrected chi connectivity index (χ4v) is 1.67. The Hall–Kier alpha value is -1.25. The standard InChI is InChI=1S/C11H8Cl2N2/c12-8-4-3-5-9(13)11(8)15-10-6-1-2-7-14-10/h1-7H,(H,14,15). The molecule has 0 unspecified atom stereocenters. The van der Waals surface area contributed by atoms with Gasteiger partial charge in [-0.2, -0.15) is 0 Å². The highest BCUT2D eigenvalue weighted by Crippen LogP contribution is 2.31. The summed E-state index contributed by atoms with van der Waals surface area (Å²) in [5.41, 5.74) is 0.680. The van der Waals surface area contributed by atoms with Crippen LogP contribution in [0.4, 0.5) is 11.5 Å². The molecule has 0 fully saturated rings. The first-order valence-electron chi connectivity index (χ1n) is 4.39. The van der Waals surface area contributed by atoms with Crippen LogP contribution in [-0.4, -0.2) is 4.98 Å². The van der Waals surface area contributed by atoms with Crippen LogP contribution in [0.2, 0.25) is 10.0 Å². The monoisotopic (exact) mass is 238 g/mol. The topological polar surface area (TPSA) is 24.9 Å². The van der Waals surface area contributed by atoms with Crippen LogP contribution in [0.25, 0.3) is 0 Å². The molecule has 0 radical (unpaired) electrons. The van der Waals surface area contributed by atoms with Crippen molar-refractivity contribution in [3.63, 3.8) is 0 Å². The Balaban J connectivity index is 2.32. The molecule has 15 heavy (non-hydrogen) atoms. The second kappa shape index (κ2) is 4.51. The van der Waals surface area contributed by atoms with Crippen LogP contribution in [0.5, 0.6) is 0 Å². The van der Waals surface area contributed by atoms with Crippen LogP contribution in [0.3, 0.4) is 0 Å². The summed E-state index contributed by atoms with van der Waals surface area (Å²) in [4.78, 5) is 4.13. The molecule has 2 aromatic rings. The molecule has 0 spiro atoms. The smallest absolute Gasteiger partial charge is 0.130 e. The van der Waals surface area contributed by atoms with Crippen molar-refractivity contribution in [1.29, 1.82) is 0 Å². The molecule has 0 amide bonds. The molecule has 0 atom stereocenters. The Morgan fingerprint density at radius 2 is 1.67 bits per heavy atom. The summed E-state index contributed by atoms with van der Waals surface area (Å²) in [6, 6.07) is 10.9. The van der Waals surface area contributed by atoms with Gasteiger partial charge in [-0.3, -0.25) is 0 Å². The van der Waals surface area contributed by atoms with Gasteiger partial charge in [0.25, 0.3) is 0 Å². The number of benzene rings is 1. The molecule has 0 bridgehead atoms. The Morgan fingerprint density at radius 3 is 2.27 bits per heavy atom. The Morgan fingerprint density at radius 1 is 0.933 bits per heavy atom. The fourth-order valence-electron chi connectivity index (χ4n) is 1.18. The van der Waals surface area contributed by atoms with Gasteiger partial charge in [-0.25, -0.2) is 4.98 Å². The normalized spacial score (nSPS) is 10.0. The minimum Gasteiger partial charge on any atom is -0.338 e. The molecule has 2 rings (SSSR count). The minimum absolute atomic E-state index is 0.577. The van der Waals surface area contributed by atoms with E-state index in [2.05, 4.69) is 10.3 Å². The lowest BCUT2D eigenvalue weighted by atomic mass is 10.3. The van der Waals surface area contributed by atoms with Crippen molar-refractivity contribution in [3.05, 3.63) is 52.6 Å². The molecule has 4 heteroatoms. The molecule has 1 N–H and O–H groups in total. The number of anilines is 2. The molecular formula is C11H8Cl2N2. The number of rotatable bonds is 2. The van der Waals surface area contributed by atoms with E-state index in [4.69, 9.17) is 23.2 Å². The maximum Gasteiger partial charge on any atom is 0.130 e. The van der Waals surface area contributed by atoms with Crippen molar-refractivity contribution >= 4 is 34.7 Å². The maximum absolute atomic E-state index is 6.00. The summed E-state index contributed by atoms with van der Waals surface area (Å²) in [6.45, 7) is 0. The van der Waals surface area contributed by atoms with Crippen molar-refractivity contribution in [1.82, 2.24) is 4.98 Å². The highest BCUT2D eigenvalue weighted by atomic mass is 35.5. The number of halogens is 2. The lowest BCUT2D eigenvalue weighted by molar-refractivity contribution is 1.31. The van der Waals surface area contributed by atoms with Gasteiger partial charge in [0.1, 0.15) is 5.82 Å². The predicted octanol–water partition coefficient (Wildman–Crippen LogP) is 4.13. The number of para-hydroxylation sites is 1. The van der Waals surface area contributed by atoms with Crippen LogP contribution in [-0.2, 0) is 0 Å². The highest BCUT2D eigenvalue weighted by molar-refractivity contribution is 6.39. The predicted molar refractivity (Wildman–Crippen MR) is 64.0 cm³/mol. The largest absolute Gasteiger partial charge is 0.338 e. The van der Waals surface area contributed by atoms with Gasteiger partial charge in [-0.15, -0.1) is 0 Å². The van der Waals surface area contributed by atoms with E-state index in [9.17, 15) is 0 Å². The van der Waals surface area contributed by atoms with Gasteiger partial charge >= 0.3 is 0 Å². The molecule has 2 nitrogen and oxygen atoms in total. The number of pyridine rings is 1. The molecule has 76 valence electrons. The highest BCUT2D eigenvalue weighted by Gasteiger charge is 2.05. The van der Waals surface area contributed by atoms with E-state index in [0.29, 0.717) is 21.6 Å². The van der Waals surface area contributed by atoms with Crippen LogP contribution < -0.4 is 5.32 Å². The van der Waals surface area contributed by atoms with Crippen LogP contribution in [0.1, 0.15) is 0 Å². The molecule has 0 aliphatic carbocycles. The Bertz CT molecular complexity index is 437. The number of aromatic nitrogens is 1. The average Bonchev–Trinajstić information content (AvgIpc) is 2.25. The third kappa shape index (κ3) is 2.41. The van der Waals surface area contributed by atoms with Crippen LogP contribution >= 0.6 is 23.2 Å². The molecular weight excluding hydrogens is 231 g/mol. The van der Waals surface area contributed by atoms with Crippen molar-refractivity contribution in [3.8, 4) is 0 Å². The van der Waals surface area contributed by atoms with E-state index in [-0.39, 0.29) is 0 Å². The summed E-state index contributed by atoms with van der Waals surface area (Å²) in [7, 11) is 0. The summed E-state index contributed by atoms with van der Waals surface area (Å²) < 4.78 is 0. The van der Waals surface area contributed by atoms with Gasteiger partial charge in [0.2, 0.25) is 0 Å². The van der Waals surface area contributed by atoms with Gasteiger partial charge in [0, 0.05) is 6.20 Å². The summed E-state index contributed by atoms with van der Waals surface area (Å²) in [5, 5.41) is 4.22. The lowest BCUT2D eigenvalue weighted by Gasteiger charge is -2.08. The van der Waals surface area contributed by atoms with Crippen molar-refractivity contribution in [2.45, 2.75) is 0 Å². The minimum atomic E-state index is 0.577. The van der Waals surface area contributed by atoms with Crippen molar-refractivity contribution in [2.24, 2.45) is 0 Å². The number of nitrogens with zero attached hydrogens (tertiary/aromatic N) is 1. The zero-order valence-corrected chi connectivity index (χ0v) is 9.26. The van der Waals surface area contributed by atoms with E-state index in [0.717, 1.165) is 0 Å². The van der Waals surface area contributed by atoms with Gasteiger partial charge in [0.15, 0.2) is 0 Å². The molecule has 0 saturated heterocycles. The molecule has 0 aliphatic rings. The fraction of sp³-hybridized carbons (Fsp3) is 0. The van der Waals surface area contributed by atoms with Gasteiger partial charge in [-0.1, -0.05) is 35.3 Å². The number of nitrogens with one attached hydrogen (secondary N) is 1. The summed E-state index contributed by atoms with van der Waals surface area (Å²) in [5.74, 6) is 0.715. The molecule has 1 heterocycles. The molecule has 0 aliphatic heterocycles. The zero-order valence-electron chi connectivity index (χ0n) is 7.74. The maximum atomic E-state index is 6.00. The second-order valence-corrected chi connectivity index (χ2v) is 3.75. The second-order valence-electron chi connectivity index (χ2n) is 2.94. The summed E-state index contributed by atoms with van der Waals surface area (Å²) in [6.07, 6.45) is 1.70. The van der Waals surface area contributed by atoms with E-state index in [1.807, 2.05) is 18.2 Å². The number of hydrogen-bond donors (Lipinski definition) is 1. The Labute approximate surface area is 97.9 Å². The average molecular weight is 239 g/mol. The Kier molecular flexibility index (Phi) is 3.09. The van der Waals surface area contributed by atoms with E-state index in [1.165, 1.54) is 0 Å². The van der Waals surface area contributed by atoms with Crippen molar-refractivity contribution in [2.75, 3.05) is 5.32 Å². The lowest BCUT2D eigenvalue weighted by Crippen LogP contribution is -1.94. The molecule has 1 aromatic carbocycles. The molecule has 0 saturated carbocycles. The quantitative estimate of drug-likeness (QED) is 0.852. The first kappa shape index (κ1) is 10.3. The van der Waals surface area contributed by atoms with Crippen molar-refractivity contribution < 1.29 is 0 Å². The number of hydrogen-bond acceptors (Lipinski definition) is 2. The zero-order chi connectivity index (χ0) is 10.7. The van der Waals surface area contributed by atoms with E-state index < -0.39 is 0 Å². The molecule has 1 aromatic heterocycles. The van der Waals surface area contributed by atoms with Crippen LogP contribution in [0, 0.1) is 0 Å². The van der Waals surface area contributed by atoms with Gasteiger partial charge < -0.3 is 5.32 Å². The van der Waals surface area contributed by atoms with E-state index in [1.54, 1.807) is 24.4 Å². The van der Waals surface area contributed by atoms with Crippen LogP contribution in [0.15, 0.2) is 42.6 Å². The van der Waals surface area contributed by atoms with Gasteiger partial charge in [-0.05, 0) is 24.3 Å². The third-order valence-corrected chi connectivity index (χ3v) is 2.51. The summed E-state index contributed by atoms with van der Waals surface area (Å²) >= 11 is 12.0. The van der Waals surface area contributed by atoms with E-state index >= 15 is 0 Å². The first-order chi connectivity index (χ1) is 7.27. The first-order valence-corrected chi connectivity index (χ1v) is 5.15.